The van der Waals surface area contributed by atoms with E-state index in [0.717, 1.165) is 20.1 Å². The van der Waals surface area contributed by atoms with E-state index in [0.29, 0.717) is 33.0 Å². The lowest BCUT2D eigenvalue weighted by Crippen LogP contribution is -2.17. The van der Waals surface area contributed by atoms with Crippen LogP contribution in [0, 0.1) is 0 Å². The molecule has 0 atom stereocenters. The second kappa shape index (κ2) is 10.6. The zero-order valence-corrected chi connectivity index (χ0v) is 20.6. The fraction of sp³-hybridized carbons (Fsp3) is 0.0476. The maximum atomic E-state index is 12.2. The summed E-state index contributed by atoms with van der Waals surface area (Å²) in [4.78, 5) is 12.2. The van der Waals surface area contributed by atoms with Crippen molar-refractivity contribution < 1.29 is 9.53 Å². The second-order valence-electron chi connectivity index (χ2n) is 6.02. The largest absolute Gasteiger partial charge is 0.486 e. The summed E-state index contributed by atoms with van der Waals surface area (Å²) in [5, 5.41) is 5.31. The van der Waals surface area contributed by atoms with E-state index in [1.54, 1.807) is 12.1 Å². The van der Waals surface area contributed by atoms with Crippen LogP contribution >= 0.6 is 66.7 Å². The van der Waals surface area contributed by atoms with Gasteiger partial charge in [0, 0.05) is 16.1 Å². The number of benzene rings is 3. The van der Waals surface area contributed by atoms with Gasteiger partial charge in [-0.05, 0) is 73.8 Å². The fourth-order valence-corrected chi connectivity index (χ4v) is 4.36. The van der Waals surface area contributed by atoms with E-state index in [-0.39, 0.29) is 0 Å². The van der Waals surface area contributed by atoms with Gasteiger partial charge >= 0.3 is 0 Å². The van der Waals surface area contributed by atoms with Crippen molar-refractivity contribution in [3.8, 4) is 5.75 Å². The van der Waals surface area contributed by atoms with Gasteiger partial charge in [0.2, 0.25) is 0 Å². The molecule has 0 bridgehead atoms. The van der Waals surface area contributed by atoms with Crippen LogP contribution in [0.2, 0.25) is 15.1 Å². The van der Waals surface area contributed by atoms with Crippen LogP contribution in [0.1, 0.15) is 21.5 Å². The number of carbonyl (C=O) groups excluding carboxylic acids is 1. The number of hydrogen-bond acceptors (Lipinski definition) is 3. The number of ether oxygens (including phenoxy) is 1. The molecule has 154 valence electrons. The van der Waals surface area contributed by atoms with Gasteiger partial charge in [-0.1, -0.05) is 53.0 Å². The first-order valence-corrected chi connectivity index (χ1v) is 11.2. The topological polar surface area (TPSA) is 50.7 Å². The standard InChI is InChI=1S/C21H13Br2Cl3N2O2/c22-15-7-12(10-27-28-21(29)13-5-6-18(25)19(26)9-13)8-16(23)20(15)30-11-14-3-1-2-4-17(14)24/h1-10H,11H2,(H,28,29)/b27-10-. The molecule has 3 rings (SSSR count). The van der Waals surface area contributed by atoms with Gasteiger partial charge in [0.25, 0.3) is 5.91 Å². The van der Waals surface area contributed by atoms with Gasteiger partial charge in [-0.25, -0.2) is 5.43 Å². The molecule has 0 aliphatic heterocycles. The molecular formula is C21H13Br2Cl3N2O2. The Balaban J connectivity index is 1.66. The average Bonchev–Trinajstić information content (AvgIpc) is 2.70. The molecule has 0 fully saturated rings. The van der Waals surface area contributed by atoms with Crippen LogP contribution < -0.4 is 10.2 Å². The first kappa shape index (κ1) is 23.1. The first-order chi connectivity index (χ1) is 14.3. The third-order valence-electron chi connectivity index (χ3n) is 3.91. The lowest BCUT2D eigenvalue weighted by molar-refractivity contribution is 0.0955. The highest BCUT2D eigenvalue weighted by atomic mass is 79.9. The predicted molar refractivity (Wildman–Crippen MR) is 129 cm³/mol. The van der Waals surface area contributed by atoms with Gasteiger partial charge in [0.1, 0.15) is 12.4 Å². The Kier molecular flexibility index (Phi) is 8.20. The van der Waals surface area contributed by atoms with Gasteiger partial charge in [-0.15, -0.1) is 0 Å². The second-order valence-corrected chi connectivity index (χ2v) is 8.95. The van der Waals surface area contributed by atoms with Crippen molar-refractivity contribution in [2.45, 2.75) is 6.61 Å². The fourth-order valence-electron chi connectivity index (χ4n) is 2.42. The van der Waals surface area contributed by atoms with Crippen LogP contribution in [0.3, 0.4) is 0 Å². The molecule has 0 aromatic heterocycles. The van der Waals surface area contributed by atoms with E-state index in [2.05, 4.69) is 42.4 Å². The van der Waals surface area contributed by atoms with Crippen LogP contribution in [0.5, 0.6) is 5.75 Å². The lowest BCUT2D eigenvalue weighted by atomic mass is 10.2. The number of carbonyl (C=O) groups is 1. The molecule has 0 unspecified atom stereocenters. The lowest BCUT2D eigenvalue weighted by Gasteiger charge is -2.12. The molecule has 0 radical (unpaired) electrons. The summed E-state index contributed by atoms with van der Waals surface area (Å²) in [5.41, 5.74) is 4.43. The maximum Gasteiger partial charge on any atom is 0.271 e. The molecule has 30 heavy (non-hydrogen) atoms. The van der Waals surface area contributed by atoms with Crippen molar-refractivity contribution in [2.75, 3.05) is 0 Å². The first-order valence-electron chi connectivity index (χ1n) is 8.49. The number of halogens is 5. The van der Waals surface area contributed by atoms with Gasteiger partial charge < -0.3 is 4.74 Å². The Morgan fingerprint density at radius 1 is 0.967 bits per heavy atom. The van der Waals surface area contributed by atoms with E-state index in [1.165, 1.54) is 12.3 Å². The Hall–Kier alpha value is -1.57. The van der Waals surface area contributed by atoms with E-state index >= 15 is 0 Å². The molecule has 1 N–H and O–H groups in total. The smallest absolute Gasteiger partial charge is 0.271 e. The molecule has 1 amide bonds. The highest BCUT2D eigenvalue weighted by molar-refractivity contribution is 9.11. The van der Waals surface area contributed by atoms with Crippen LogP contribution in [0.25, 0.3) is 0 Å². The monoisotopic (exact) mass is 588 g/mol. The highest BCUT2D eigenvalue weighted by Crippen LogP contribution is 2.35. The van der Waals surface area contributed by atoms with Gasteiger partial charge in [0.05, 0.1) is 25.2 Å². The van der Waals surface area contributed by atoms with Crippen LogP contribution in [0.15, 0.2) is 68.6 Å². The molecule has 0 saturated carbocycles. The molecular weight excluding hydrogens is 578 g/mol. The Morgan fingerprint density at radius 3 is 2.33 bits per heavy atom. The number of nitrogens with one attached hydrogen (secondary N) is 1. The van der Waals surface area contributed by atoms with Crippen molar-refractivity contribution in [1.29, 1.82) is 0 Å². The molecule has 4 nitrogen and oxygen atoms in total. The van der Waals surface area contributed by atoms with Crippen molar-refractivity contribution in [3.63, 3.8) is 0 Å². The summed E-state index contributed by atoms with van der Waals surface area (Å²) in [6.07, 6.45) is 1.52. The minimum absolute atomic E-state index is 0.300. The molecule has 9 heteroatoms. The number of rotatable bonds is 6. The molecule has 3 aromatic carbocycles. The van der Waals surface area contributed by atoms with Crippen LogP contribution in [-0.4, -0.2) is 12.1 Å². The van der Waals surface area contributed by atoms with Gasteiger partial charge in [-0.2, -0.15) is 5.10 Å². The molecule has 0 spiro atoms. The summed E-state index contributed by atoms with van der Waals surface area (Å²) in [5.74, 6) is 0.231. The molecule has 3 aromatic rings. The normalized spacial score (nSPS) is 11.0. The number of hydrogen-bond donors (Lipinski definition) is 1. The van der Waals surface area contributed by atoms with Gasteiger partial charge in [0.15, 0.2) is 0 Å². The molecule has 0 heterocycles. The highest BCUT2D eigenvalue weighted by Gasteiger charge is 2.11. The minimum atomic E-state index is -0.400. The van der Waals surface area contributed by atoms with E-state index in [4.69, 9.17) is 39.5 Å². The summed E-state index contributed by atoms with van der Waals surface area (Å²) in [6.45, 7) is 0.323. The quantitative estimate of drug-likeness (QED) is 0.238. The van der Waals surface area contributed by atoms with E-state index in [1.807, 2.05) is 36.4 Å². The van der Waals surface area contributed by atoms with Crippen LogP contribution in [-0.2, 0) is 6.61 Å². The number of nitrogens with zero attached hydrogens (tertiary/aromatic N) is 1. The Bertz CT molecular complexity index is 1100. The number of hydrazone groups is 1. The summed E-state index contributed by atoms with van der Waals surface area (Å²) >= 11 is 25.0. The van der Waals surface area contributed by atoms with Crippen molar-refractivity contribution >= 4 is 78.8 Å². The van der Waals surface area contributed by atoms with Crippen LogP contribution in [0.4, 0.5) is 0 Å². The minimum Gasteiger partial charge on any atom is -0.486 e. The third-order valence-corrected chi connectivity index (χ3v) is 6.20. The summed E-state index contributed by atoms with van der Waals surface area (Å²) in [6, 6.07) is 15.7. The zero-order chi connectivity index (χ0) is 21.7. The summed E-state index contributed by atoms with van der Waals surface area (Å²) in [7, 11) is 0. The van der Waals surface area contributed by atoms with Gasteiger partial charge in [-0.3, -0.25) is 4.79 Å². The zero-order valence-electron chi connectivity index (χ0n) is 15.1. The van der Waals surface area contributed by atoms with Crippen molar-refractivity contribution in [3.05, 3.63) is 95.3 Å². The molecule has 0 aliphatic carbocycles. The third kappa shape index (κ3) is 5.99. The molecule has 0 aliphatic rings. The maximum absolute atomic E-state index is 12.2. The molecule has 0 saturated heterocycles. The Labute approximate surface area is 205 Å². The number of amides is 1. The van der Waals surface area contributed by atoms with Crippen molar-refractivity contribution in [1.82, 2.24) is 5.43 Å². The average molecular weight is 592 g/mol. The van der Waals surface area contributed by atoms with Crippen molar-refractivity contribution in [2.24, 2.45) is 5.10 Å². The summed E-state index contributed by atoms with van der Waals surface area (Å²) < 4.78 is 7.34. The SMILES string of the molecule is O=C(N/N=C\c1cc(Br)c(OCc2ccccc2Cl)c(Br)c1)c1ccc(Cl)c(Cl)c1. The predicted octanol–water partition coefficient (Wildman–Crippen LogP) is 7.51. The Morgan fingerprint density at radius 2 is 1.67 bits per heavy atom. The van der Waals surface area contributed by atoms with E-state index in [9.17, 15) is 4.79 Å². The van der Waals surface area contributed by atoms with E-state index < -0.39 is 5.91 Å².